The quantitative estimate of drug-likeness (QED) is 0.519. The van der Waals surface area contributed by atoms with Gasteiger partial charge in [-0.2, -0.15) is 0 Å². The van der Waals surface area contributed by atoms with Crippen LogP contribution < -0.4 is 0 Å². The average molecular weight is 168 g/mol. The third kappa shape index (κ3) is 1.62. The third-order valence-electron chi connectivity index (χ3n) is 2.23. The molecule has 2 aliphatic carbocycles. The molecule has 0 spiro atoms. The molecule has 0 amide bonds. The van der Waals surface area contributed by atoms with E-state index < -0.39 is 0 Å². The lowest BCUT2D eigenvalue weighted by atomic mass is 10.0. The van der Waals surface area contributed by atoms with Crippen molar-refractivity contribution < 1.29 is 0 Å². The molecule has 13 heavy (non-hydrogen) atoms. The zero-order chi connectivity index (χ0) is 9.10. The lowest BCUT2D eigenvalue weighted by Gasteiger charge is -2.03. The number of allylic oxidation sites excluding steroid dienone is 12. The van der Waals surface area contributed by atoms with Crippen molar-refractivity contribution in [3.05, 3.63) is 71.4 Å². The summed E-state index contributed by atoms with van der Waals surface area (Å²) in [5.41, 5.74) is 3.92. The Labute approximate surface area is 79.0 Å². The van der Waals surface area contributed by atoms with E-state index in [-0.39, 0.29) is 0 Å². The van der Waals surface area contributed by atoms with Gasteiger partial charge in [-0.25, -0.2) is 0 Å². The second kappa shape index (κ2) is 3.44. The molecule has 64 valence electrons. The zero-order valence-corrected chi connectivity index (χ0v) is 7.70. The Morgan fingerprint density at radius 3 is 2.46 bits per heavy atom. The van der Waals surface area contributed by atoms with Gasteiger partial charge in [-0.3, -0.25) is 0 Å². The molecule has 0 nitrogen and oxygen atoms in total. The predicted octanol–water partition coefficient (Wildman–Crippen LogP) is 3.48. The fourth-order valence-corrected chi connectivity index (χ4v) is 1.51. The largest absolute Gasteiger partial charge is 0.0622 e. The normalized spacial score (nSPS) is 19.6. The van der Waals surface area contributed by atoms with Crippen molar-refractivity contribution in [3.63, 3.8) is 0 Å². The maximum atomic E-state index is 2.16. The van der Waals surface area contributed by atoms with E-state index in [0.717, 1.165) is 0 Å². The molecule has 0 atom stereocenters. The van der Waals surface area contributed by atoms with Crippen LogP contribution in [0.3, 0.4) is 0 Å². The van der Waals surface area contributed by atoms with Crippen molar-refractivity contribution in [3.8, 4) is 0 Å². The first-order valence-corrected chi connectivity index (χ1v) is 4.49. The van der Waals surface area contributed by atoms with Gasteiger partial charge in [0.05, 0.1) is 0 Å². The van der Waals surface area contributed by atoms with Gasteiger partial charge in [-0.1, -0.05) is 54.7 Å². The summed E-state index contributed by atoms with van der Waals surface area (Å²) in [5.74, 6) is 0. The maximum Gasteiger partial charge on any atom is -0.0155 e. The predicted molar refractivity (Wildman–Crippen MR) is 57.3 cm³/mol. The van der Waals surface area contributed by atoms with E-state index >= 15 is 0 Å². The molecule has 0 unspecified atom stereocenters. The summed E-state index contributed by atoms with van der Waals surface area (Å²) in [6, 6.07) is 0. The van der Waals surface area contributed by atoms with E-state index in [1.165, 1.54) is 16.7 Å². The molecule has 0 heteroatoms. The molecule has 0 heterocycles. The lowest BCUT2D eigenvalue weighted by molar-refractivity contribution is 1.42. The molecule has 0 radical (unpaired) electrons. The highest BCUT2D eigenvalue weighted by molar-refractivity contribution is 5.56. The van der Waals surface area contributed by atoms with Crippen LogP contribution in [0, 0.1) is 0 Å². The van der Waals surface area contributed by atoms with Crippen LogP contribution in [0.2, 0.25) is 0 Å². The van der Waals surface area contributed by atoms with Crippen LogP contribution >= 0.6 is 0 Å². The Kier molecular flexibility index (Phi) is 2.13. The fraction of sp³-hybridized carbons (Fsp3) is 0.0769. The van der Waals surface area contributed by atoms with E-state index in [4.69, 9.17) is 0 Å². The van der Waals surface area contributed by atoms with Crippen LogP contribution in [0.25, 0.3) is 0 Å². The summed E-state index contributed by atoms with van der Waals surface area (Å²) < 4.78 is 0. The van der Waals surface area contributed by atoms with Gasteiger partial charge < -0.3 is 0 Å². The SMILES string of the molecule is CC1=C2C=CC=CC=C2C=CC=C1. The lowest BCUT2D eigenvalue weighted by Crippen LogP contribution is -1.84. The summed E-state index contributed by atoms with van der Waals surface area (Å²) in [4.78, 5) is 0. The Hall–Kier alpha value is -1.56. The van der Waals surface area contributed by atoms with Gasteiger partial charge in [0.2, 0.25) is 0 Å². The Morgan fingerprint density at radius 1 is 0.769 bits per heavy atom. The van der Waals surface area contributed by atoms with Crippen LogP contribution in [-0.4, -0.2) is 0 Å². The zero-order valence-electron chi connectivity index (χ0n) is 7.70. The monoisotopic (exact) mass is 168 g/mol. The summed E-state index contributed by atoms with van der Waals surface area (Å²) in [6.45, 7) is 2.14. The molecule has 0 saturated heterocycles. The highest BCUT2D eigenvalue weighted by Gasteiger charge is 2.03. The highest BCUT2D eigenvalue weighted by atomic mass is 14.1. The van der Waals surface area contributed by atoms with Crippen LogP contribution in [-0.2, 0) is 0 Å². The molecule has 0 bridgehead atoms. The number of rotatable bonds is 0. The van der Waals surface area contributed by atoms with Crippen molar-refractivity contribution in [2.75, 3.05) is 0 Å². The molecular formula is C13H12. The first-order chi connectivity index (χ1) is 6.38. The molecule has 0 aromatic heterocycles. The van der Waals surface area contributed by atoms with Crippen LogP contribution in [0.15, 0.2) is 71.4 Å². The average Bonchev–Trinajstić information content (AvgIpc) is 2.43. The fourth-order valence-electron chi connectivity index (χ4n) is 1.51. The number of hydrogen-bond acceptors (Lipinski definition) is 0. The molecule has 0 saturated carbocycles. The molecule has 2 rings (SSSR count). The third-order valence-corrected chi connectivity index (χ3v) is 2.23. The van der Waals surface area contributed by atoms with Gasteiger partial charge in [-0.15, -0.1) is 0 Å². The summed E-state index contributed by atoms with van der Waals surface area (Å²) in [7, 11) is 0. The molecule has 2 aliphatic rings. The standard InChI is InChI=1S/C13H12/c1-11-7-5-6-9-12-8-3-2-4-10-13(11)12/h2-10H,1H3. The summed E-state index contributed by atoms with van der Waals surface area (Å²) in [6.07, 6.45) is 18.9. The smallest absolute Gasteiger partial charge is 0.0155 e. The molecule has 0 N–H and O–H groups in total. The van der Waals surface area contributed by atoms with Crippen molar-refractivity contribution in [2.24, 2.45) is 0 Å². The molecule has 0 aliphatic heterocycles. The Morgan fingerprint density at radius 2 is 1.54 bits per heavy atom. The molecule has 0 fully saturated rings. The van der Waals surface area contributed by atoms with Crippen molar-refractivity contribution >= 4 is 0 Å². The van der Waals surface area contributed by atoms with E-state index in [1.807, 2.05) is 0 Å². The first kappa shape index (κ1) is 8.06. The minimum absolute atomic E-state index is 1.28. The van der Waals surface area contributed by atoms with Crippen molar-refractivity contribution in [1.29, 1.82) is 0 Å². The van der Waals surface area contributed by atoms with Crippen molar-refractivity contribution in [1.82, 2.24) is 0 Å². The number of hydrogen-bond donors (Lipinski definition) is 0. The van der Waals surface area contributed by atoms with E-state index in [2.05, 4.69) is 61.6 Å². The molecular weight excluding hydrogens is 156 g/mol. The van der Waals surface area contributed by atoms with E-state index in [9.17, 15) is 0 Å². The Balaban J connectivity index is 2.58. The van der Waals surface area contributed by atoms with Gasteiger partial charge in [0.15, 0.2) is 0 Å². The number of fused-ring (bicyclic) bond motifs is 1. The topological polar surface area (TPSA) is 0 Å². The molecule has 0 aromatic rings. The minimum atomic E-state index is 1.28. The minimum Gasteiger partial charge on any atom is -0.0622 e. The van der Waals surface area contributed by atoms with Gasteiger partial charge in [0.1, 0.15) is 0 Å². The van der Waals surface area contributed by atoms with Crippen LogP contribution in [0.1, 0.15) is 6.92 Å². The maximum absolute atomic E-state index is 2.16. The van der Waals surface area contributed by atoms with Crippen molar-refractivity contribution in [2.45, 2.75) is 6.92 Å². The second-order valence-corrected chi connectivity index (χ2v) is 3.18. The first-order valence-electron chi connectivity index (χ1n) is 4.49. The Bertz CT molecular complexity index is 382. The van der Waals surface area contributed by atoms with Gasteiger partial charge in [-0.05, 0) is 23.6 Å². The highest BCUT2D eigenvalue weighted by Crippen LogP contribution is 2.22. The van der Waals surface area contributed by atoms with Crippen LogP contribution in [0.4, 0.5) is 0 Å². The molecule has 0 aromatic carbocycles. The summed E-state index contributed by atoms with van der Waals surface area (Å²) in [5, 5.41) is 0. The van der Waals surface area contributed by atoms with Gasteiger partial charge in [0, 0.05) is 0 Å². The second-order valence-electron chi connectivity index (χ2n) is 3.18. The van der Waals surface area contributed by atoms with Gasteiger partial charge >= 0.3 is 0 Å². The van der Waals surface area contributed by atoms with Crippen LogP contribution in [0.5, 0.6) is 0 Å². The van der Waals surface area contributed by atoms with E-state index in [1.54, 1.807) is 0 Å². The van der Waals surface area contributed by atoms with E-state index in [0.29, 0.717) is 0 Å². The van der Waals surface area contributed by atoms with Gasteiger partial charge in [0.25, 0.3) is 0 Å². The summed E-state index contributed by atoms with van der Waals surface area (Å²) >= 11 is 0.